The molecule has 3 N–H and O–H groups in total. The number of amides is 1. The standard InChI is InChI=1S/C15H20N2O3S/c18-14(9-12-10-21-8-7-16-12)17-6-5-11-3-1-2-4-13(11)15(19)20/h1-4,12,16H,5-10H2,(H,17,18)(H,19,20). The largest absolute Gasteiger partial charge is 0.478 e. The molecule has 0 spiro atoms. The van der Waals surface area contributed by atoms with E-state index in [1.165, 1.54) is 0 Å². The van der Waals surface area contributed by atoms with E-state index in [9.17, 15) is 9.59 Å². The molecule has 0 saturated carbocycles. The Labute approximate surface area is 128 Å². The fourth-order valence-electron chi connectivity index (χ4n) is 2.33. The highest BCUT2D eigenvalue weighted by Crippen LogP contribution is 2.11. The molecule has 0 aliphatic carbocycles. The molecule has 1 amide bonds. The van der Waals surface area contributed by atoms with E-state index in [2.05, 4.69) is 10.6 Å². The van der Waals surface area contributed by atoms with Crippen LogP contribution in [0.15, 0.2) is 24.3 Å². The second-order valence-corrected chi connectivity index (χ2v) is 6.14. The number of nitrogens with one attached hydrogen (secondary N) is 2. The Morgan fingerprint density at radius 3 is 2.90 bits per heavy atom. The summed E-state index contributed by atoms with van der Waals surface area (Å²) in [5, 5.41) is 15.3. The summed E-state index contributed by atoms with van der Waals surface area (Å²) < 4.78 is 0. The van der Waals surface area contributed by atoms with Crippen molar-refractivity contribution < 1.29 is 14.7 Å². The Kier molecular flexibility index (Phi) is 6.07. The molecule has 21 heavy (non-hydrogen) atoms. The number of hydrogen-bond acceptors (Lipinski definition) is 4. The lowest BCUT2D eigenvalue weighted by Crippen LogP contribution is -2.41. The second-order valence-electron chi connectivity index (χ2n) is 4.99. The minimum Gasteiger partial charge on any atom is -0.478 e. The molecular formula is C15H20N2O3S. The van der Waals surface area contributed by atoms with Crippen LogP contribution in [0.4, 0.5) is 0 Å². The lowest BCUT2D eigenvalue weighted by molar-refractivity contribution is -0.121. The summed E-state index contributed by atoms with van der Waals surface area (Å²) in [6, 6.07) is 7.14. The maximum atomic E-state index is 11.8. The van der Waals surface area contributed by atoms with Gasteiger partial charge >= 0.3 is 5.97 Å². The zero-order valence-electron chi connectivity index (χ0n) is 11.8. The molecule has 0 aromatic heterocycles. The second kappa shape index (κ2) is 8.05. The molecule has 1 heterocycles. The fourth-order valence-corrected chi connectivity index (χ4v) is 3.28. The Hall–Kier alpha value is -1.53. The third kappa shape index (κ3) is 5.06. The average molecular weight is 308 g/mol. The number of thioether (sulfide) groups is 1. The summed E-state index contributed by atoms with van der Waals surface area (Å²) in [6.45, 7) is 1.41. The molecule has 1 aromatic rings. The smallest absolute Gasteiger partial charge is 0.335 e. The highest BCUT2D eigenvalue weighted by molar-refractivity contribution is 7.99. The van der Waals surface area contributed by atoms with Gasteiger partial charge in [0.2, 0.25) is 5.91 Å². The van der Waals surface area contributed by atoms with E-state index in [0.717, 1.165) is 23.6 Å². The Morgan fingerprint density at radius 2 is 2.19 bits per heavy atom. The van der Waals surface area contributed by atoms with Gasteiger partial charge in [-0.05, 0) is 18.1 Å². The summed E-state index contributed by atoms with van der Waals surface area (Å²) in [5.74, 6) is 1.16. The molecule has 1 saturated heterocycles. The molecule has 1 aliphatic rings. The van der Waals surface area contributed by atoms with Crippen LogP contribution in [0.1, 0.15) is 22.3 Å². The molecule has 1 aliphatic heterocycles. The topological polar surface area (TPSA) is 78.4 Å². The van der Waals surface area contributed by atoms with E-state index in [4.69, 9.17) is 5.11 Å². The Morgan fingerprint density at radius 1 is 1.38 bits per heavy atom. The number of carboxylic acid groups (broad SMARTS) is 1. The number of benzene rings is 1. The van der Waals surface area contributed by atoms with E-state index in [1.807, 2.05) is 17.8 Å². The zero-order valence-corrected chi connectivity index (χ0v) is 12.6. The van der Waals surface area contributed by atoms with Crippen molar-refractivity contribution >= 4 is 23.6 Å². The van der Waals surface area contributed by atoms with Crippen molar-refractivity contribution in [2.24, 2.45) is 0 Å². The molecule has 1 atom stereocenters. The molecule has 114 valence electrons. The van der Waals surface area contributed by atoms with Gasteiger partial charge in [0.15, 0.2) is 0 Å². The number of aromatic carboxylic acids is 1. The van der Waals surface area contributed by atoms with Crippen LogP contribution in [0.3, 0.4) is 0 Å². The Balaban J connectivity index is 1.76. The van der Waals surface area contributed by atoms with Gasteiger partial charge < -0.3 is 15.7 Å². The van der Waals surface area contributed by atoms with Crippen LogP contribution in [-0.4, -0.2) is 47.6 Å². The first kappa shape index (κ1) is 15.9. The SMILES string of the molecule is O=C(CC1CSCCN1)NCCc1ccccc1C(=O)O. The van der Waals surface area contributed by atoms with Crippen LogP contribution < -0.4 is 10.6 Å². The van der Waals surface area contributed by atoms with Crippen molar-refractivity contribution in [1.29, 1.82) is 0 Å². The van der Waals surface area contributed by atoms with Crippen LogP contribution in [0.2, 0.25) is 0 Å². The maximum absolute atomic E-state index is 11.8. The van der Waals surface area contributed by atoms with Crippen molar-refractivity contribution in [2.45, 2.75) is 18.9 Å². The van der Waals surface area contributed by atoms with Crippen LogP contribution >= 0.6 is 11.8 Å². The Bertz CT molecular complexity index is 501. The van der Waals surface area contributed by atoms with Gasteiger partial charge in [0.25, 0.3) is 0 Å². The molecule has 1 unspecified atom stereocenters. The van der Waals surface area contributed by atoms with Crippen LogP contribution in [0, 0.1) is 0 Å². The highest BCUT2D eigenvalue weighted by atomic mass is 32.2. The normalized spacial score (nSPS) is 18.2. The van der Waals surface area contributed by atoms with Crippen LogP contribution in [-0.2, 0) is 11.2 Å². The number of carboxylic acids is 1. The number of rotatable bonds is 6. The van der Waals surface area contributed by atoms with E-state index in [1.54, 1.807) is 18.2 Å². The summed E-state index contributed by atoms with van der Waals surface area (Å²) in [6.07, 6.45) is 1.01. The minimum atomic E-state index is -0.930. The molecule has 2 rings (SSSR count). The number of hydrogen-bond donors (Lipinski definition) is 3. The maximum Gasteiger partial charge on any atom is 0.335 e. The van der Waals surface area contributed by atoms with Crippen LogP contribution in [0.5, 0.6) is 0 Å². The van der Waals surface area contributed by atoms with E-state index >= 15 is 0 Å². The van der Waals surface area contributed by atoms with E-state index < -0.39 is 5.97 Å². The van der Waals surface area contributed by atoms with Crippen molar-refractivity contribution in [3.05, 3.63) is 35.4 Å². The van der Waals surface area contributed by atoms with E-state index in [0.29, 0.717) is 24.9 Å². The molecular weight excluding hydrogens is 288 g/mol. The first-order valence-electron chi connectivity index (χ1n) is 7.06. The molecule has 0 radical (unpaired) electrons. The van der Waals surface area contributed by atoms with Crippen LogP contribution in [0.25, 0.3) is 0 Å². The van der Waals surface area contributed by atoms with Gasteiger partial charge in [0.1, 0.15) is 0 Å². The fraction of sp³-hybridized carbons (Fsp3) is 0.467. The molecule has 0 bridgehead atoms. The van der Waals surface area contributed by atoms with E-state index in [-0.39, 0.29) is 11.9 Å². The van der Waals surface area contributed by atoms with Gasteiger partial charge in [-0.3, -0.25) is 4.79 Å². The molecule has 6 heteroatoms. The quantitative estimate of drug-likeness (QED) is 0.734. The zero-order chi connectivity index (χ0) is 15.1. The molecule has 5 nitrogen and oxygen atoms in total. The van der Waals surface area contributed by atoms with Gasteiger partial charge in [0, 0.05) is 37.1 Å². The molecule has 1 aromatic carbocycles. The van der Waals surface area contributed by atoms with Crippen molar-refractivity contribution in [1.82, 2.24) is 10.6 Å². The minimum absolute atomic E-state index is 0.0165. The van der Waals surface area contributed by atoms with Crippen molar-refractivity contribution in [3.63, 3.8) is 0 Å². The third-order valence-electron chi connectivity index (χ3n) is 3.39. The highest BCUT2D eigenvalue weighted by Gasteiger charge is 2.16. The monoisotopic (exact) mass is 308 g/mol. The first-order chi connectivity index (χ1) is 10.2. The van der Waals surface area contributed by atoms with Crippen molar-refractivity contribution in [3.8, 4) is 0 Å². The number of carbonyl (C=O) groups excluding carboxylic acids is 1. The van der Waals surface area contributed by atoms with Gasteiger partial charge in [-0.25, -0.2) is 4.79 Å². The summed E-state index contributed by atoms with van der Waals surface area (Å²) in [7, 11) is 0. The summed E-state index contributed by atoms with van der Waals surface area (Å²) in [5.41, 5.74) is 1.05. The summed E-state index contributed by atoms with van der Waals surface area (Å²) >= 11 is 1.86. The lowest BCUT2D eigenvalue weighted by atomic mass is 10.0. The number of carbonyl (C=O) groups is 2. The predicted molar refractivity (Wildman–Crippen MR) is 83.8 cm³/mol. The van der Waals surface area contributed by atoms with Gasteiger partial charge in [0.05, 0.1) is 5.56 Å². The lowest BCUT2D eigenvalue weighted by Gasteiger charge is -2.22. The predicted octanol–water partition coefficient (Wildman–Crippen LogP) is 1.14. The summed E-state index contributed by atoms with van der Waals surface area (Å²) in [4.78, 5) is 22.9. The molecule has 1 fully saturated rings. The van der Waals surface area contributed by atoms with Crippen molar-refractivity contribution in [2.75, 3.05) is 24.6 Å². The van der Waals surface area contributed by atoms with Gasteiger partial charge in [-0.15, -0.1) is 0 Å². The average Bonchev–Trinajstić information content (AvgIpc) is 2.48. The van der Waals surface area contributed by atoms with Gasteiger partial charge in [-0.1, -0.05) is 18.2 Å². The third-order valence-corrected chi connectivity index (χ3v) is 4.53. The first-order valence-corrected chi connectivity index (χ1v) is 8.21. The van der Waals surface area contributed by atoms with Gasteiger partial charge in [-0.2, -0.15) is 11.8 Å².